The lowest BCUT2D eigenvalue weighted by molar-refractivity contribution is 0.102. The third-order valence-corrected chi connectivity index (χ3v) is 3.98. The van der Waals surface area contributed by atoms with E-state index in [2.05, 4.69) is 21.2 Å². The van der Waals surface area contributed by atoms with E-state index in [4.69, 9.17) is 4.74 Å². The molecule has 0 radical (unpaired) electrons. The van der Waals surface area contributed by atoms with Crippen molar-refractivity contribution in [2.24, 2.45) is 0 Å². The lowest BCUT2D eigenvalue weighted by Crippen LogP contribution is -2.11. The van der Waals surface area contributed by atoms with Crippen molar-refractivity contribution in [1.29, 1.82) is 0 Å². The van der Waals surface area contributed by atoms with E-state index in [1.54, 1.807) is 12.1 Å². The Morgan fingerprint density at radius 1 is 0.917 bits per heavy atom. The van der Waals surface area contributed by atoms with Crippen molar-refractivity contribution in [2.45, 2.75) is 6.61 Å². The van der Waals surface area contributed by atoms with Crippen molar-refractivity contribution in [3.05, 3.63) is 94.5 Å². The highest BCUT2D eigenvalue weighted by atomic mass is 79.9. The normalized spacial score (nSPS) is 10.2. The molecule has 0 aliphatic carbocycles. The second-order valence-electron chi connectivity index (χ2n) is 5.26. The molecule has 0 saturated carbocycles. The van der Waals surface area contributed by atoms with Crippen molar-refractivity contribution >= 4 is 27.5 Å². The third kappa shape index (κ3) is 4.46. The molecule has 0 aromatic heterocycles. The summed E-state index contributed by atoms with van der Waals surface area (Å²) >= 11 is 3.37. The van der Waals surface area contributed by atoms with Gasteiger partial charge >= 0.3 is 0 Å². The van der Waals surface area contributed by atoms with Crippen LogP contribution in [0.4, 0.5) is 5.69 Å². The van der Waals surface area contributed by atoms with Crippen LogP contribution in [-0.4, -0.2) is 5.91 Å². The number of benzene rings is 3. The Balaban J connectivity index is 1.65. The first kappa shape index (κ1) is 16.3. The molecule has 0 bridgehead atoms. The first-order valence-corrected chi connectivity index (χ1v) is 8.34. The van der Waals surface area contributed by atoms with Crippen LogP contribution in [0.25, 0.3) is 0 Å². The monoisotopic (exact) mass is 381 g/mol. The van der Waals surface area contributed by atoms with Crippen LogP contribution in [0.5, 0.6) is 5.75 Å². The van der Waals surface area contributed by atoms with Crippen LogP contribution in [0.15, 0.2) is 83.3 Å². The fourth-order valence-corrected chi connectivity index (χ4v) is 2.47. The summed E-state index contributed by atoms with van der Waals surface area (Å²) in [6, 6.07) is 24.6. The van der Waals surface area contributed by atoms with Gasteiger partial charge in [0.25, 0.3) is 5.91 Å². The zero-order chi connectivity index (χ0) is 16.8. The van der Waals surface area contributed by atoms with Gasteiger partial charge in [0.15, 0.2) is 0 Å². The van der Waals surface area contributed by atoms with Crippen molar-refractivity contribution in [2.75, 3.05) is 5.32 Å². The molecule has 3 rings (SSSR count). The minimum Gasteiger partial charge on any atom is -0.489 e. The molecule has 1 amide bonds. The summed E-state index contributed by atoms with van der Waals surface area (Å²) in [7, 11) is 0. The predicted octanol–water partition coefficient (Wildman–Crippen LogP) is 5.28. The number of carbonyl (C=O) groups excluding carboxylic acids is 1. The smallest absolute Gasteiger partial charge is 0.255 e. The molecule has 0 unspecified atom stereocenters. The summed E-state index contributed by atoms with van der Waals surface area (Å²) in [4.78, 5) is 12.3. The SMILES string of the molecule is O=C(Nc1ccc(Br)cc1)c1cccc(OCc2ccccc2)c1. The predicted molar refractivity (Wildman–Crippen MR) is 99.3 cm³/mol. The molecule has 0 fully saturated rings. The van der Waals surface area contributed by atoms with Gasteiger partial charge in [-0.15, -0.1) is 0 Å². The van der Waals surface area contributed by atoms with Crippen molar-refractivity contribution in [1.82, 2.24) is 0 Å². The second kappa shape index (κ2) is 7.79. The zero-order valence-electron chi connectivity index (χ0n) is 12.9. The van der Waals surface area contributed by atoms with E-state index in [1.807, 2.05) is 66.7 Å². The van der Waals surface area contributed by atoms with Gasteiger partial charge < -0.3 is 10.1 Å². The van der Waals surface area contributed by atoms with Crippen LogP contribution in [0.3, 0.4) is 0 Å². The summed E-state index contributed by atoms with van der Waals surface area (Å²) in [5, 5.41) is 2.87. The number of amides is 1. The second-order valence-corrected chi connectivity index (χ2v) is 6.18. The summed E-state index contributed by atoms with van der Waals surface area (Å²) in [5.74, 6) is 0.504. The minimum atomic E-state index is -0.164. The molecule has 0 heterocycles. The number of hydrogen-bond donors (Lipinski definition) is 1. The van der Waals surface area contributed by atoms with Gasteiger partial charge in [0.05, 0.1) is 0 Å². The Kier molecular flexibility index (Phi) is 5.29. The summed E-state index contributed by atoms with van der Waals surface area (Å²) < 4.78 is 6.73. The molecule has 1 N–H and O–H groups in total. The molecule has 3 aromatic rings. The van der Waals surface area contributed by atoms with Crippen molar-refractivity contribution < 1.29 is 9.53 Å². The van der Waals surface area contributed by atoms with Gasteiger partial charge in [-0.3, -0.25) is 4.79 Å². The molecule has 3 aromatic carbocycles. The van der Waals surface area contributed by atoms with Gasteiger partial charge in [0.1, 0.15) is 12.4 Å². The van der Waals surface area contributed by atoms with Gasteiger partial charge in [-0.1, -0.05) is 52.3 Å². The van der Waals surface area contributed by atoms with Crippen LogP contribution in [0.2, 0.25) is 0 Å². The zero-order valence-corrected chi connectivity index (χ0v) is 14.5. The topological polar surface area (TPSA) is 38.3 Å². The maximum Gasteiger partial charge on any atom is 0.255 e. The number of rotatable bonds is 5. The summed E-state index contributed by atoms with van der Waals surface area (Å²) in [6.45, 7) is 0.471. The van der Waals surface area contributed by atoms with E-state index in [0.29, 0.717) is 17.9 Å². The van der Waals surface area contributed by atoms with Gasteiger partial charge in [0.2, 0.25) is 0 Å². The molecule has 3 nitrogen and oxygen atoms in total. The molecule has 4 heteroatoms. The van der Waals surface area contributed by atoms with E-state index < -0.39 is 0 Å². The fourth-order valence-electron chi connectivity index (χ4n) is 2.20. The molecule has 0 aliphatic heterocycles. The number of carbonyl (C=O) groups is 1. The standard InChI is InChI=1S/C20H16BrNO2/c21-17-9-11-18(12-10-17)22-20(23)16-7-4-8-19(13-16)24-14-15-5-2-1-3-6-15/h1-13H,14H2,(H,22,23). The number of anilines is 1. The first-order chi connectivity index (χ1) is 11.7. The number of halogens is 1. The van der Waals surface area contributed by atoms with E-state index in [9.17, 15) is 4.79 Å². The van der Waals surface area contributed by atoms with Gasteiger partial charge in [-0.2, -0.15) is 0 Å². The fraction of sp³-hybridized carbons (Fsp3) is 0.0500. The summed E-state index contributed by atoms with van der Waals surface area (Å²) in [5.41, 5.74) is 2.39. The Labute approximate surface area is 149 Å². The van der Waals surface area contributed by atoms with E-state index in [0.717, 1.165) is 15.7 Å². The highest BCUT2D eigenvalue weighted by Crippen LogP contribution is 2.18. The van der Waals surface area contributed by atoms with E-state index in [-0.39, 0.29) is 5.91 Å². The Morgan fingerprint density at radius 3 is 2.42 bits per heavy atom. The average Bonchev–Trinajstić information content (AvgIpc) is 2.63. The summed E-state index contributed by atoms with van der Waals surface area (Å²) in [6.07, 6.45) is 0. The van der Waals surface area contributed by atoms with Gasteiger partial charge in [0, 0.05) is 15.7 Å². The number of hydrogen-bond acceptors (Lipinski definition) is 2. The molecule has 24 heavy (non-hydrogen) atoms. The van der Waals surface area contributed by atoms with Gasteiger partial charge in [-0.05, 0) is 48.0 Å². The molecule has 0 saturated heterocycles. The van der Waals surface area contributed by atoms with Crippen LogP contribution in [0, 0.1) is 0 Å². The Morgan fingerprint density at radius 2 is 1.67 bits per heavy atom. The largest absolute Gasteiger partial charge is 0.489 e. The Hall–Kier alpha value is -2.59. The van der Waals surface area contributed by atoms with Crippen LogP contribution in [0.1, 0.15) is 15.9 Å². The highest BCUT2D eigenvalue weighted by molar-refractivity contribution is 9.10. The van der Waals surface area contributed by atoms with E-state index >= 15 is 0 Å². The Bertz CT molecular complexity index is 817. The van der Waals surface area contributed by atoms with Crippen LogP contribution in [-0.2, 0) is 6.61 Å². The van der Waals surface area contributed by atoms with Crippen molar-refractivity contribution in [3.8, 4) is 5.75 Å². The third-order valence-electron chi connectivity index (χ3n) is 3.45. The lowest BCUT2D eigenvalue weighted by Gasteiger charge is -2.09. The first-order valence-electron chi connectivity index (χ1n) is 7.54. The molecular formula is C20H16BrNO2. The average molecular weight is 382 g/mol. The minimum absolute atomic E-state index is 0.164. The van der Waals surface area contributed by atoms with Crippen LogP contribution >= 0.6 is 15.9 Å². The molecule has 0 atom stereocenters. The maximum absolute atomic E-state index is 12.3. The van der Waals surface area contributed by atoms with Crippen LogP contribution < -0.4 is 10.1 Å². The van der Waals surface area contributed by atoms with Crippen molar-refractivity contribution in [3.63, 3.8) is 0 Å². The quantitative estimate of drug-likeness (QED) is 0.652. The molecule has 0 spiro atoms. The number of ether oxygens (including phenoxy) is 1. The maximum atomic E-state index is 12.3. The molecular weight excluding hydrogens is 366 g/mol. The lowest BCUT2D eigenvalue weighted by atomic mass is 10.2. The van der Waals surface area contributed by atoms with Gasteiger partial charge in [-0.25, -0.2) is 0 Å². The number of nitrogens with one attached hydrogen (secondary N) is 1. The molecule has 0 aliphatic rings. The molecule has 120 valence electrons. The van der Waals surface area contributed by atoms with E-state index in [1.165, 1.54) is 0 Å². The highest BCUT2D eigenvalue weighted by Gasteiger charge is 2.07.